The molecule has 6 nitrogen and oxygen atoms in total. The number of benzene rings is 1. The molecule has 1 heterocycles. The lowest BCUT2D eigenvalue weighted by Crippen LogP contribution is -2.11. The maximum absolute atomic E-state index is 12.0. The lowest BCUT2D eigenvalue weighted by atomic mass is 10.2. The van der Waals surface area contributed by atoms with Crippen LogP contribution in [0.5, 0.6) is 5.75 Å². The Morgan fingerprint density at radius 3 is 2.50 bits per heavy atom. The molecule has 118 valence electrons. The number of esters is 1. The van der Waals surface area contributed by atoms with Gasteiger partial charge in [0.2, 0.25) is 0 Å². The summed E-state index contributed by atoms with van der Waals surface area (Å²) >= 11 is 0. The fourth-order valence-corrected chi connectivity index (χ4v) is 2.22. The highest BCUT2D eigenvalue weighted by Crippen LogP contribution is 2.21. The second kappa shape index (κ2) is 6.98. The maximum atomic E-state index is 12.0. The van der Waals surface area contributed by atoms with Crippen molar-refractivity contribution in [1.82, 2.24) is 9.78 Å². The number of aromatic nitrogens is 2. The summed E-state index contributed by atoms with van der Waals surface area (Å²) in [6.45, 7) is 4.50. The van der Waals surface area contributed by atoms with Crippen molar-refractivity contribution in [3.63, 3.8) is 0 Å². The minimum atomic E-state index is -0.419. The zero-order valence-corrected chi connectivity index (χ0v) is 13.1. The molecule has 2 rings (SSSR count). The van der Waals surface area contributed by atoms with Gasteiger partial charge in [-0.1, -0.05) is 19.1 Å². The van der Waals surface area contributed by atoms with Gasteiger partial charge >= 0.3 is 5.97 Å². The van der Waals surface area contributed by atoms with Crippen LogP contribution in [0.2, 0.25) is 0 Å². The van der Waals surface area contributed by atoms with Gasteiger partial charge in [-0.2, -0.15) is 5.10 Å². The molecule has 0 aliphatic rings. The number of nitrogens with two attached hydrogens (primary N) is 1. The molecule has 0 aliphatic heterocycles. The van der Waals surface area contributed by atoms with Crippen molar-refractivity contribution in [2.24, 2.45) is 0 Å². The summed E-state index contributed by atoms with van der Waals surface area (Å²) in [5, 5.41) is 4.43. The topological polar surface area (TPSA) is 79.4 Å². The summed E-state index contributed by atoms with van der Waals surface area (Å²) in [4.78, 5) is 12.0. The highest BCUT2D eigenvalue weighted by atomic mass is 16.5. The number of hydrogen-bond donors (Lipinski definition) is 1. The molecular weight excluding hydrogens is 282 g/mol. The standard InChI is InChI=1S/C16H21N3O3/c1-4-13-14(16(20)22-5-2)15(17)19(18-13)10-11-6-8-12(21-3)9-7-11/h6-9H,4-5,10,17H2,1-3H3. The van der Waals surface area contributed by atoms with Crippen molar-refractivity contribution in [2.75, 3.05) is 19.5 Å². The van der Waals surface area contributed by atoms with Crippen molar-refractivity contribution in [3.05, 3.63) is 41.1 Å². The van der Waals surface area contributed by atoms with E-state index in [4.69, 9.17) is 15.2 Å². The van der Waals surface area contributed by atoms with Gasteiger partial charge in [0.25, 0.3) is 0 Å². The molecule has 0 amide bonds. The van der Waals surface area contributed by atoms with Crippen LogP contribution >= 0.6 is 0 Å². The van der Waals surface area contributed by atoms with Crippen LogP contribution in [0.25, 0.3) is 0 Å². The van der Waals surface area contributed by atoms with Crippen LogP contribution in [0.3, 0.4) is 0 Å². The first-order valence-corrected chi connectivity index (χ1v) is 7.25. The number of anilines is 1. The van der Waals surface area contributed by atoms with Crippen LogP contribution in [0, 0.1) is 0 Å². The van der Waals surface area contributed by atoms with Gasteiger partial charge in [-0.05, 0) is 31.0 Å². The third-order valence-electron chi connectivity index (χ3n) is 3.37. The van der Waals surface area contributed by atoms with E-state index in [1.54, 1.807) is 18.7 Å². The lowest BCUT2D eigenvalue weighted by Gasteiger charge is -2.06. The SMILES string of the molecule is CCOC(=O)c1c(CC)nn(Cc2ccc(OC)cc2)c1N. The first-order chi connectivity index (χ1) is 10.6. The Labute approximate surface area is 129 Å². The van der Waals surface area contributed by atoms with Crippen LogP contribution in [0.1, 0.15) is 35.5 Å². The molecule has 0 bridgehead atoms. The van der Waals surface area contributed by atoms with Gasteiger partial charge in [-0.3, -0.25) is 0 Å². The van der Waals surface area contributed by atoms with E-state index in [1.807, 2.05) is 31.2 Å². The minimum absolute atomic E-state index is 0.311. The van der Waals surface area contributed by atoms with Crippen molar-refractivity contribution in [1.29, 1.82) is 0 Å². The number of aryl methyl sites for hydroxylation is 1. The normalized spacial score (nSPS) is 10.5. The van der Waals surface area contributed by atoms with Crippen LogP contribution < -0.4 is 10.5 Å². The quantitative estimate of drug-likeness (QED) is 0.828. The van der Waals surface area contributed by atoms with Gasteiger partial charge in [0.1, 0.15) is 17.1 Å². The summed E-state index contributed by atoms with van der Waals surface area (Å²) in [6, 6.07) is 7.63. The Hall–Kier alpha value is -2.50. The second-order valence-corrected chi connectivity index (χ2v) is 4.79. The first-order valence-electron chi connectivity index (χ1n) is 7.25. The molecule has 22 heavy (non-hydrogen) atoms. The van der Waals surface area contributed by atoms with E-state index in [2.05, 4.69) is 5.10 Å². The number of hydrogen-bond acceptors (Lipinski definition) is 5. The molecule has 6 heteroatoms. The number of carbonyl (C=O) groups is 1. The Morgan fingerprint density at radius 1 is 1.27 bits per heavy atom. The highest BCUT2D eigenvalue weighted by molar-refractivity contribution is 5.95. The van der Waals surface area contributed by atoms with E-state index >= 15 is 0 Å². The van der Waals surface area contributed by atoms with Crippen molar-refractivity contribution < 1.29 is 14.3 Å². The van der Waals surface area contributed by atoms with Crippen LogP contribution in [-0.4, -0.2) is 29.5 Å². The Morgan fingerprint density at radius 2 is 1.95 bits per heavy atom. The molecule has 0 atom stereocenters. The number of methoxy groups -OCH3 is 1. The van der Waals surface area contributed by atoms with E-state index in [0.717, 1.165) is 11.3 Å². The van der Waals surface area contributed by atoms with E-state index < -0.39 is 5.97 Å². The van der Waals surface area contributed by atoms with Crippen LogP contribution in [0.4, 0.5) is 5.82 Å². The maximum Gasteiger partial charge on any atom is 0.343 e. The van der Waals surface area contributed by atoms with Gasteiger partial charge in [0, 0.05) is 0 Å². The number of nitrogens with zero attached hydrogens (tertiary/aromatic N) is 2. The Bertz CT molecular complexity index is 647. The monoisotopic (exact) mass is 303 g/mol. The zero-order chi connectivity index (χ0) is 16.1. The fraction of sp³-hybridized carbons (Fsp3) is 0.375. The molecule has 0 radical (unpaired) electrons. The number of ether oxygens (including phenoxy) is 2. The average molecular weight is 303 g/mol. The summed E-state index contributed by atoms with van der Waals surface area (Å²) in [6.07, 6.45) is 0.619. The van der Waals surface area contributed by atoms with E-state index in [0.29, 0.717) is 36.6 Å². The Kier molecular flexibility index (Phi) is 5.04. The average Bonchev–Trinajstić information content (AvgIpc) is 2.84. The molecule has 2 aromatic rings. The van der Waals surface area contributed by atoms with E-state index in [1.165, 1.54) is 0 Å². The van der Waals surface area contributed by atoms with Crippen LogP contribution in [0.15, 0.2) is 24.3 Å². The molecule has 0 fully saturated rings. The minimum Gasteiger partial charge on any atom is -0.497 e. The van der Waals surface area contributed by atoms with E-state index in [-0.39, 0.29) is 0 Å². The molecule has 0 spiro atoms. The molecule has 1 aromatic heterocycles. The van der Waals surface area contributed by atoms with Gasteiger partial charge in [0.15, 0.2) is 0 Å². The highest BCUT2D eigenvalue weighted by Gasteiger charge is 2.22. The largest absolute Gasteiger partial charge is 0.497 e. The first kappa shape index (κ1) is 15.9. The smallest absolute Gasteiger partial charge is 0.343 e. The predicted molar refractivity (Wildman–Crippen MR) is 84.1 cm³/mol. The number of rotatable bonds is 6. The zero-order valence-electron chi connectivity index (χ0n) is 13.1. The molecule has 0 saturated heterocycles. The van der Waals surface area contributed by atoms with Crippen molar-refractivity contribution >= 4 is 11.8 Å². The van der Waals surface area contributed by atoms with Gasteiger partial charge < -0.3 is 15.2 Å². The molecule has 2 N–H and O–H groups in total. The summed E-state index contributed by atoms with van der Waals surface area (Å²) in [5.74, 6) is 0.711. The van der Waals surface area contributed by atoms with Crippen LogP contribution in [-0.2, 0) is 17.7 Å². The van der Waals surface area contributed by atoms with Crippen molar-refractivity contribution in [3.8, 4) is 5.75 Å². The molecule has 0 aliphatic carbocycles. The predicted octanol–water partition coefficient (Wildman–Crippen LogP) is 2.26. The second-order valence-electron chi connectivity index (χ2n) is 4.79. The Balaban J connectivity index is 2.29. The van der Waals surface area contributed by atoms with E-state index in [9.17, 15) is 4.79 Å². The van der Waals surface area contributed by atoms with Gasteiger partial charge in [-0.25, -0.2) is 9.48 Å². The molecule has 0 unspecified atom stereocenters. The molecular formula is C16H21N3O3. The lowest BCUT2D eigenvalue weighted by molar-refractivity contribution is 0.0526. The fourth-order valence-electron chi connectivity index (χ4n) is 2.22. The number of carbonyl (C=O) groups excluding carboxylic acids is 1. The molecule has 0 saturated carbocycles. The van der Waals surface area contributed by atoms with Gasteiger partial charge in [0.05, 0.1) is 26.0 Å². The summed E-state index contributed by atoms with van der Waals surface area (Å²) in [5.41, 5.74) is 8.14. The summed E-state index contributed by atoms with van der Waals surface area (Å²) in [7, 11) is 1.62. The third kappa shape index (κ3) is 3.21. The molecule has 1 aromatic carbocycles. The number of nitrogen functional groups attached to an aromatic ring is 1. The third-order valence-corrected chi connectivity index (χ3v) is 3.37. The van der Waals surface area contributed by atoms with Crippen molar-refractivity contribution in [2.45, 2.75) is 26.8 Å². The summed E-state index contributed by atoms with van der Waals surface area (Å²) < 4.78 is 11.8. The van der Waals surface area contributed by atoms with Gasteiger partial charge in [-0.15, -0.1) is 0 Å².